The molecule has 0 amide bonds. The fraction of sp³-hybridized carbons (Fsp3) is 0.571. The lowest BCUT2D eigenvalue weighted by Gasteiger charge is -2.01. The number of aromatic amines is 1. The van der Waals surface area contributed by atoms with Gasteiger partial charge in [-0.05, 0) is 28.1 Å². The molecule has 0 aromatic carbocycles. The topological polar surface area (TPSA) is 28.7 Å². The molecule has 0 saturated carbocycles. The second-order valence-corrected chi connectivity index (χ2v) is 4.68. The predicted molar refractivity (Wildman–Crippen MR) is 51.0 cm³/mol. The van der Waals surface area contributed by atoms with Crippen LogP contribution in [0.4, 0.5) is 0 Å². The summed E-state index contributed by atoms with van der Waals surface area (Å²) in [6.07, 6.45) is 3.10. The van der Waals surface area contributed by atoms with Crippen LogP contribution in [-0.2, 0) is 0 Å². The van der Waals surface area contributed by atoms with Crippen LogP contribution in [0.15, 0.2) is 10.8 Å². The zero-order chi connectivity index (χ0) is 7.68. The number of halogens is 1. The molecule has 1 atom stereocenters. The molecule has 0 bridgehead atoms. The summed E-state index contributed by atoms with van der Waals surface area (Å²) in [5.74, 6) is 4.30. The van der Waals surface area contributed by atoms with Gasteiger partial charge in [-0.1, -0.05) is 0 Å². The van der Waals surface area contributed by atoms with Crippen molar-refractivity contribution in [3.63, 3.8) is 0 Å². The predicted octanol–water partition coefficient (Wildman–Crippen LogP) is 2.39. The Hall–Kier alpha value is 0.0400. The van der Waals surface area contributed by atoms with Crippen molar-refractivity contribution in [1.82, 2.24) is 9.97 Å². The van der Waals surface area contributed by atoms with Gasteiger partial charge < -0.3 is 4.98 Å². The van der Waals surface area contributed by atoms with Gasteiger partial charge in [0, 0.05) is 11.7 Å². The van der Waals surface area contributed by atoms with E-state index in [1.807, 2.05) is 18.0 Å². The van der Waals surface area contributed by atoms with Crippen LogP contribution in [0.3, 0.4) is 0 Å². The smallest absolute Gasteiger partial charge is 0.110 e. The van der Waals surface area contributed by atoms with Gasteiger partial charge in [-0.25, -0.2) is 4.98 Å². The summed E-state index contributed by atoms with van der Waals surface area (Å²) < 4.78 is 0.990. The van der Waals surface area contributed by atoms with Crippen molar-refractivity contribution in [3.8, 4) is 0 Å². The lowest BCUT2D eigenvalue weighted by atomic mass is 10.1. The number of rotatable bonds is 1. The van der Waals surface area contributed by atoms with E-state index in [0.717, 1.165) is 10.4 Å². The van der Waals surface area contributed by atoms with Crippen LogP contribution in [0.25, 0.3) is 0 Å². The van der Waals surface area contributed by atoms with Crippen LogP contribution in [0.5, 0.6) is 0 Å². The maximum atomic E-state index is 4.28. The zero-order valence-electron chi connectivity index (χ0n) is 6.01. The molecule has 1 saturated heterocycles. The first-order chi connectivity index (χ1) is 5.36. The van der Waals surface area contributed by atoms with Crippen molar-refractivity contribution in [1.29, 1.82) is 0 Å². The van der Waals surface area contributed by atoms with Crippen LogP contribution in [0.2, 0.25) is 0 Å². The molecule has 0 spiro atoms. The van der Waals surface area contributed by atoms with E-state index in [0.29, 0.717) is 5.92 Å². The Kier molecular flexibility index (Phi) is 2.23. The van der Waals surface area contributed by atoms with Crippen LogP contribution < -0.4 is 0 Å². The Morgan fingerprint density at radius 1 is 1.73 bits per heavy atom. The summed E-state index contributed by atoms with van der Waals surface area (Å²) in [6.45, 7) is 0. The van der Waals surface area contributed by atoms with E-state index in [9.17, 15) is 0 Å². The third-order valence-corrected chi connectivity index (χ3v) is 3.45. The zero-order valence-corrected chi connectivity index (χ0v) is 8.41. The SMILES string of the molecule is Brc1cnc(C2CCSC2)[nH]1. The summed E-state index contributed by atoms with van der Waals surface area (Å²) in [4.78, 5) is 7.49. The molecule has 2 heterocycles. The van der Waals surface area contributed by atoms with Gasteiger partial charge in [0.1, 0.15) is 10.4 Å². The van der Waals surface area contributed by atoms with Gasteiger partial charge in [-0.3, -0.25) is 0 Å². The largest absolute Gasteiger partial charge is 0.336 e. The quantitative estimate of drug-likeness (QED) is 0.806. The average molecular weight is 233 g/mol. The van der Waals surface area contributed by atoms with E-state index in [1.165, 1.54) is 17.9 Å². The van der Waals surface area contributed by atoms with Gasteiger partial charge in [-0.15, -0.1) is 0 Å². The minimum absolute atomic E-state index is 0.659. The van der Waals surface area contributed by atoms with Gasteiger partial charge in [-0.2, -0.15) is 11.8 Å². The lowest BCUT2D eigenvalue weighted by molar-refractivity contribution is 0.729. The molecule has 1 N–H and O–H groups in total. The van der Waals surface area contributed by atoms with Crippen LogP contribution >= 0.6 is 27.7 Å². The number of hydrogen-bond donors (Lipinski definition) is 1. The van der Waals surface area contributed by atoms with Crippen molar-refractivity contribution in [2.45, 2.75) is 12.3 Å². The van der Waals surface area contributed by atoms with E-state index in [1.54, 1.807) is 0 Å². The number of H-pyrrole nitrogens is 1. The summed E-state index contributed by atoms with van der Waals surface area (Å²) in [7, 11) is 0. The normalized spacial score (nSPS) is 24.3. The van der Waals surface area contributed by atoms with Gasteiger partial charge in [0.25, 0.3) is 0 Å². The van der Waals surface area contributed by atoms with Crippen molar-refractivity contribution in [2.75, 3.05) is 11.5 Å². The van der Waals surface area contributed by atoms with Gasteiger partial charge in [0.05, 0.1) is 6.20 Å². The molecule has 1 aromatic rings. The highest BCUT2D eigenvalue weighted by Gasteiger charge is 2.19. The Bertz CT molecular complexity index is 242. The lowest BCUT2D eigenvalue weighted by Crippen LogP contribution is -1.97. The molecule has 1 aromatic heterocycles. The molecule has 1 fully saturated rings. The summed E-state index contributed by atoms with van der Waals surface area (Å²) in [5.41, 5.74) is 0. The second kappa shape index (κ2) is 3.19. The number of nitrogens with one attached hydrogen (secondary N) is 1. The van der Waals surface area contributed by atoms with E-state index in [-0.39, 0.29) is 0 Å². The Morgan fingerprint density at radius 2 is 2.64 bits per heavy atom. The van der Waals surface area contributed by atoms with Crippen LogP contribution in [-0.4, -0.2) is 21.5 Å². The van der Waals surface area contributed by atoms with Crippen molar-refractivity contribution in [3.05, 3.63) is 16.6 Å². The van der Waals surface area contributed by atoms with Crippen molar-refractivity contribution < 1.29 is 0 Å². The summed E-state index contributed by atoms with van der Waals surface area (Å²) >= 11 is 5.37. The molecule has 11 heavy (non-hydrogen) atoms. The Balaban J connectivity index is 2.15. The van der Waals surface area contributed by atoms with Crippen LogP contribution in [0, 0.1) is 0 Å². The monoisotopic (exact) mass is 232 g/mol. The molecule has 2 nitrogen and oxygen atoms in total. The van der Waals surface area contributed by atoms with E-state index < -0.39 is 0 Å². The molecule has 1 unspecified atom stereocenters. The van der Waals surface area contributed by atoms with Crippen LogP contribution in [0.1, 0.15) is 18.2 Å². The average Bonchev–Trinajstić information content (AvgIpc) is 2.55. The maximum Gasteiger partial charge on any atom is 0.110 e. The number of nitrogens with zero attached hydrogens (tertiary/aromatic N) is 1. The molecule has 60 valence electrons. The standard InChI is InChI=1S/C7H9BrN2S/c8-6-3-9-7(10-6)5-1-2-11-4-5/h3,5H,1-2,4H2,(H,9,10). The molecule has 2 rings (SSSR count). The third-order valence-electron chi connectivity index (χ3n) is 1.88. The molecule has 1 aliphatic rings. The first-order valence-corrected chi connectivity index (χ1v) is 5.59. The first-order valence-electron chi connectivity index (χ1n) is 3.64. The van der Waals surface area contributed by atoms with Crippen molar-refractivity contribution >= 4 is 27.7 Å². The fourth-order valence-electron chi connectivity index (χ4n) is 1.27. The highest BCUT2D eigenvalue weighted by molar-refractivity contribution is 9.10. The maximum absolute atomic E-state index is 4.28. The molecule has 0 aliphatic carbocycles. The molecule has 4 heteroatoms. The van der Waals surface area contributed by atoms with E-state index in [2.05, 4.69) is 25.9 Å². The molecular weight excluding hydrogens is 224 g/mol. The van der Waals surface area contributed by atoms with E-state index in [4.69, 9.17) is 0 Å². The molecule has 1 aliphatic heterocycles. The van der Waals surface area contributed by atoms with E-state index >= 15 is 0 Å². The van der Waals surface area contributed by atoms with Gasteiger partial charge in [0.15, 0.2) is 0 Å². The number of hydrogen-bond acceptors (Lipinski definition) is 2. The Morgan fingerprint density at radius 3 is 3.18 bits per heavy atom. The number of aromatic nitrogens is 2. The molecular formula is C7H9BrN2S. The Labute approximate surface area is 78.3 Å². The summed E-state index contributed by atoms with van der Waals surface area (Å²) in [6, 6.07) is 0. The van der Waals surface area contributed by atoms with Gasteiger partial charge in [0.2, 0.25) is 0 Å². The minimum Gasteiger partial charge on any atom is -0.336 e. The highest BCUT2D eigenvalue weighted by Crippen LogP contribution is 2.30. The third kappa shape index (κ3) is 1.62. The van der Waals surface area contributed by atoms with Crippen molar-refractivity contribution in [2.24, 2.45) is 0 Å². The van der Waals surface area contributed by atoms with Gasteiger partial charge >= 0.3 is 0 Å². The number of thioether (sulfide) groups is 1. The fourth-order valence-corrected chi connectivity index (χ4v) is 2.80. The first kappa shape index (κ1) is 7.68. The molecule has 0 radical (unpaired) electrons. The number of imidazole rings is 1. The minimum atomic E-state index is 0.659. The second-order valence-electron chi connectivity index (χ2n) is 2.68. The highest BCUT2D eigenvalue weighted by atomic mass is 79.9. The summed E-state index contributed by atoms with van der Waals surface area (Å²) in [5, 5.41) is 0.